The second-order valence-corrected chi connectivity index (χ2v) is 7.45. The third-order valence-electron chi connectivity index (χ3n) is 3.13. The topological polar surface area (TPSA) is 13.1 Å². The van der Waals surface area contributed by atoms with Gasteiger partial charge in [0, 0.05) is 16.9 Å². The normalized spacial score (nSPS) is 13.6. The van der Waals surface area contributed by atoms with Crippen molar-refractivity contribution in [1.29, 1.82) is 0 Å². The Balaban J connectivity index is 0.000000321. The first kappa shape index (κ1) is 20.7. The van der Waals surface area contributed by atoms with Crippen molar-refractivity contribution < 1.29 is 34.7 Å². The molecule has 146 valence electrons. The van der Waals surface area contributed by atoms with Gasteiger partial charge in [0.2, 0.25) is 12.4 Å². The number of pyridine rings is 1. The number of benzene rings is 2. The monoisotopic (exact) mass is 407 g/mol. The molecule has 0 atom stereocenters. The van der Waals surface area contributed by atoms with Crippen molar-refractivity contribution >= 4 is 7.81 Å². The third-order valence-corrected chi connectivity index (χ3v) is 3.13. The molecule has 9 heteroatoms. The molecule has 0 radical (unpaired) electrons. The SMILES string of the molecule is F[P-](F)(F)(F)(F)F.c1ccc(CO[n+]2ccc(-c3ccccc3)cc2)cc1. The van der Waals surface area contributed by atoms with Crippen molar-refractivity contribution in [2.75, 3.05) is 0 Å². The molecule has 1 heterocycles. The summed E-state index contributed by atoms with van der Waals surface area (Å²) in [6, 6.07) is 24.6. The Morgan fingerprint density at radius 1 is 0.630 bits per heavy atom. The van der Waals surface area contributed by atoms with E-state index in [-0.39, 0.29) is 0 Å². The molecule has 0 amide bonds. The van der Waals surface area contributed by atoms with Crippen LogP contribution >= 0.6 is 7.81 Å². The molecular formula is C18H16F6NOP. The Hall–Kier alpha value is -2.60. The Morgan fingerprint density at radius 3 is 1.52 bits per heavy atom. The number of hydrogen-bond donors (Lipinski definition) is 0. The van der Waals surface area contributed by atoms with Crippen molar-refractivity contribution in [2.24, 2.45) is 0 Å². The van der Waals surface area contributed by atoms with Crippen LogP contribution in [0.25, 0.3) is 11.1 Å². The largest absolute Gasteiger partial charge is 0.267 e. The van der Waals surface area contributed by atoms with Crippen LogP contribution in [0, 0.1) is 0 Å². The summed E-state index contributed by atoms with van der Waals surface area (Å²) in [5.41, 5.74) is 3.56. The van der Waals surface area contributed by atoms with Crippen LogP contribution in [0.1, 0.15) is 5.56 Å². The zero-order valence-corrected chi connectivity index (χ0v) is 14.8. The zero-order valence-electron chi connectivity index (χ0n) is 13.9. The van der Waals surface area contributed by atoms with Gasteiger partial charge in [-0.25, -0.2) is 0 Å². The molecule has 27 heavy (non-hydrogen) atoms. The van der Waals surface area contributed by atoms with Crippen LogP contribution in [0.5, 0.6) is 0 Å². The van der Waals surface area contributed by atoms with E-state index in [1.807, 2.05) is 48.8 Å². The molecule has 1 aromatic heterocycles. The van der Waals surface area contributed by atoms with E-state index in [1.54, 1.807) is 4.73 Å². The van der Waals surface area contributed by atoms with E-state index >= 15 is 0 Å². The number of nitrogens with zero attached hydrogens (tertiary/aromatic N) is 1. The van der Waals surface area contributed by atoms with Crippen molar-refractivity contribution in [3.63, 3.8) is 0 Å². The molecule has 0 unspecified atom stereocenters. The van der Waals surface area contributed by atoms with Gasteiger partial charge in [0.25, 0.3) is 0 Å². The van der Waals surface area contributed by atoms with Crippen LogP contribution < -0.4 is 9.57 Å². The molecule has 0 aliphatic heterocycles. The Bertz CT molecular complexity index is 842. The quantitative estimate of drug-likeness (QED) is 0.268. The molecule has 0 spiro atoms. The van der Waals surface area contributed by atoms with Crippen LogP contribution in [0.15, 0.2) is 85.2 Å². The van der Waals surface area contributed by atoms with E-state index < -0.39 is 7.81 Å². The van der Waals surface area contributed by atoms with Gasteiger partial charge in [0.15, 0.2) is 6.61 Å². The fraction of sp³-hybridized carbons (Fsp3) is 0.0556. The van der Waals surface area contributed by atoms with E-state index in [0.29, 0.717) is 6.61 Å². The fourth-order valence-electron chi connectivity index (χ4n) is 2.05. The smallest absolute Gasteiger partial charge is 0.223 e. The van der Waals surface area contributed by atoms with Gasteiger partial charge in [0.05, 0.1) is 0 Å². The van der Waals surface area contributed by atoms with Crippen LogP contribution in [-0.4, -0.2) is 0 Å². The minimum Gasteiger partial charge on any atom is -0.267 e. The van der Waals surface area contributed by atoms with E-state index in [4.69, 9.17) is 4.84 Å². The Labute approximate surface area is 151 Å². The average molecular weight is 407 g/mol. The van der Waals surface area contributed by atoms with Crippen molar-refractivity contribution in [1.82, 2.24) is 0 Å². The molecule has 0 aliphatic carbocycles. The standard InChI is InChI=1S/C18H16NO.F6P/c1-3-7-16(8-4-1)15-20-19-13-11-18(12-14-19)17-9-5-2-6-10-17;1-7(2,3,4,5)6/h1-14H,15H2;/q+1;-1. The number of aromatic nitrogens is 1. The van der Waals surface area contributed by atoms with Crippen LogP contribution in [0.2, 0.25) is 0 Å². The molecule has 0 aliphatic rings. The third kappa shape index (κ3) is 10.2. The predicted molar refractivity (Wildman–Crippen MR) is 92.4 cm³/mol. The Morgan fingerprint density at radius 2 is 1.04 bits per heavy atom. The van der Waals surface area contributed by atoms with Gasteiger partial charge in [-0.15, -0.1) is 0 Å². The van der Waals surface area contributed by atoms with Gasteiger partial charge in [-0.1, -0.05) is 60.7 Å². The van der Waals surface area contributed by atoms with E-state index in [9.17, 15) is 25.2 Å². The maximum Gasteiger partial charge on any atom is 0.223 e. The summed E-state index contributed by atoms with van der Waals surface area (Å²) in [4.78, 5) is 5.70. The van der Waals surface area contributed by atoms with Gasteiger partial charge in [-0.3, -0.25) is 4.84 Å². The van der Waals surface area contributed by atoms with Crippen LogP contribution in [0.3, 0.4) is 0 Å². The molecule has 0 bridgehead atoms. The zero-order chi connectivity index (χ0) is 20.0. The van der Waals surface area contributed by atoms with Crippen LogP contribution in [0.4, 0.5) is 25.2 Å². The van der Waals surface area contributed by atoms with Crippen molar-refractivity contribution in [3.05, 3.63) is 90.8 Å². The van der Waals surface area contributed by atoms with Gasteiger partial charge < -0.3 is 0 Å². The summed E-state index contributed by atoms with van der Waals surface area (Å²) in [5, 5.41) is 0. The van der Waals surface area contributed by atoms with Crippen LogP contribution in [-0.2, 0) is 6.61 Å². The van der Waals surface area contributed by atoms with Crippen molar-refractivity contribution in [3.8, 4) is 11.1 Å². The summed E-state index contributed by atoms with van der Waals surface area (Å²) < 4.78 is 60.9. The summed E-state index contributed by atoms with van der Waals surface area (Å²) >= 11 is 0. The first-order chi connectivity index (χ1) is 12.4. The van der Waals surface area contributed by atoms with Gasteiger partial charge in [-0.2, -0.15) is 0 Å². The molecule has 0 saturated heterocycles. The molecular weight excluding hydrogens is 391 g/mol. The summed E-state index contributed by atoms with van der Waals surface area (Å²) in [7, 11) is -10.7. The van der Waals surface area contributed by atoms with E-state index in [2.05, 4.69) is 36.4 Å². The maximum atomic E-state index is 9.87. The van der Waals surface area contributed by atoms with E-state index in [1.165, 1.54) is 11.1 Å². The summed E-state index contributed by atoms with van der Waals surface area (Å²) in [6.07, 6.45) is 3.87. The summed E-state index contributed by atoms with van der Waals surface area (Å²) in [6.45, 7) is 0.566. The molecule has 0 saturated carbocycles. The molecule has 0 fully saturated rings. The second-order valence-electron chi connectivity index (χ2n) is 5.53. The van der Waals surface area contributed by atoms with Gasteiger partial charge >= 0.3 is 33.0 Å². The number of rotatable bonds is 4. The molecule has 2 aromatic carbocycles. The molecule has 0 N–H and O–H groups in total. The predicted octanol–water partition coefficient (Wildman–Crippen LogP) is 6.65. The van der Waals surface area contributed by atoms with Crippen molar-refractivity contribution in [2.45, 2.75) is 6.61 Å². The molecule has 3 aromatic rings. The number of hydrogen-bond acceptors (Lipinski definition) is 1. The fourth-order valence-corrected chi connectivity index (χ4v) is 2.05. The minimum atomic E-state index is -10.7. The van der Waals surface area contributed by atoms with Gasteiger partial charge in [-0.05, 0) is 16.7 Å². The Kier molecular flexibility index (Phi) is 5.52. The summed E-state index contributed by atoms with van der Waals surface area (Å²) in [5.74, 6) is 0. The van der Waals surface area contributed by atoms with E-state index in [0.717, 1.165) is 5.56 Å². The maximum absolute atomic E-state index is 10.7. The minimum absolute atomic E-state index is 0.566. The first-order valence-electron chi connectivity index (χ1n) is 7.67. The molecule has 3 rings (SSSR count). The average Bonchev–Trinajstić information content (AvgIpc) is 2.59. The van der Waals surface area contributed by atoms with Gasteiger partial charge in [0.1, 0.15) is 0 Å². The number of halogens is 6. The second kappa shape index (κ2) is 7.19. The first-order valence-corrected chi connectivity index (χ1v) is 9.70. The molecule has 2 nitrogen and oxygen atoms in total.